The van der Waals surface area contributed by atoms with Crippen LogP contribution in [0, 0.1) is 17.1 Å². The number of likely N-dealkylation sites (N-methyl/N-ethyl adjacent to an activating group) is 1. The van der Waals surface area contributed by atoms with Crippen molar-refractivity contribution in [3.63, 3.8) is 0 Å². The van der Waals surface area contributed by atoms with Crippen molar-refractivity contribution in [3.8, 4) is 6.07 Å². The third-order valence-electron chi connectivity index (χ3n) is 2.52. The van der Waals surface area contributed by atoms with E-state index < -0.39 is 15.8 Å². The van der Waals surface area contributed by atoms with Gasteiger partial charge in [0.25, 0.3) is 0 Å². The van der Waals surface area contributed by atoms with Gasteiger partial charge in [0, 0.05) is 20.2 Å². The molecule has 0 fully saturated rings. The molecule has 0 aliphatic carbocycles. The topological polar surface area (TPSA) is 70.4 Å². The highest BCUT2D eigenvalue weighted by atomic mass is 32.2. The quantitative estimate of drug-likeness (QED) is 0.740. The van der Waals surface area contributed by atoms with Gasteiger partial charge in [0.1, 0.15) is 11.9 Å². The summed E-state index contributed by atoms with van der Waals surface area (Å²) in [6, 6.07) is 4.76. The molecule has 104 valence electrons. The predicted molar refractivity (Wildman–Crippen MR) is 67.4 cm³/mol. The molecule has 1 rings (SSSR count). The van der Waals surface area contributed by atoms with E-state index in [1.54, 1.807) is 6.07 Å². The van der Waals surface area contributed by atoms with E-state index >= 15 is 0 Å². The van der Waals surface area contributed by atoms with Gasteiger partial charge >= 0.3 is 0 Å². The van der Waals surface area contributed by atoms with Crippen LogP contribution in [0.5, 0.6) is 0 Å². The van der Waals surface area contributed by atoms with Crippen molar-refractivity contribution in [1.29, 1.82) is 5.26 Å². The summed E-state index contributed by atoms with van der Waals surface area (Å²) >= 11 is 0. The normalized spacial score (nSPS) is 11.5. The van der Waals surface area contributed by atoms with Crippen molar-refractivity contribution in [3.05, 3.63) is 29.6 Å². The molecule has 0 aromatic heterocycles. The van der Waals surface area contributed by atoms with Crippen LogP contribution in [0.3, 0.4) is 0 Å². The maximum absolute atomic E-state index is 13.2. The van der Waals surface area contributed by atoms with Gasteiger partial charge in [-0.25, -0.2) is 12.8 Å². The van der Waals surface area contributed by atoms with Gasteiger partial charge in [-0.3, -0.25) is 0 Å². The number of rotatable bonds is 6. The summed E-state index contributed by atoms with van der Waals surface area (Å²) < 4.78 is 43.6. The van der Waals surface area contributed by atoms with Crippen LogP contribution < -0.4 is 0 Å². The van der Waals surface area contributed by atoms with Gasteiger partial charge < -0.3 is 4.74 Å². The Balaban J connectivity index is 2.97. The summed E-state index contributed by atoms with van der Waals surface area (Å²) in [5.41, 5.74) is -0.292. The van der Waals surface area contributed by atoms with Gasteiger partial charge in [0.2, 0.25) is 10.0 Å². The predicted octanol–water partition coefficient (Wildman–Crippen LogP) is 1.35. The summed E-state index contributed by atoms with van der Waals surface area (Å²) in [5.74, 6) is -0.738. The van der Waals surface area contributed by atoms with Crippen LogP contribution in [0.25, 0.3) is 0 Å². The van der Waals surface area contributed by atoms with Crippen LogP contribution in [0.15, 0.2) is 23.1 Å². The molecule has 0 amide bonds. The Morgan fingerprint density at radius 1 is 1.47 bits per heavy atom. The molecule has 0 aliphatic rings. The first-order valence-corrected chi connectivity index (χ1v) is 7.11. The Morgan fingerprint density at radius 3 is 2.74 bits per heavy atom. The molecule has 0 radical (unpaired) electrons. The first-order chi connectivity index (χ1) is 8.93. The lowest BCUT2D eigenvalue weighted by molar-refractivity contribution is 0.138. The Labute approximate surface area is 112 Å². The highest BCUT2D eigenvalue weighted by molar-refractivity contribution is 7.89. The van der Waals surface area contributed by atoms with Gasteiger partial charge in [-0.2, -0.15) is 9.57 Å². The fraction of sp³-hybridized carbons (Fsp3) is 0.417. The number of hydrogen-bond acceptors (Lipinski definition) is 4. The number of nitriles is 1. The van der Waals surface area contributed by atoms with E-state index in [0.29, 0.717) is 6.61 Å². The highest BCUT2D eigenvalue weighted by Crippen LogP contribution is 2.17. The van der Waals surface area contributed by atoms with Crippen LogP contribution in [0.4, 0.5) is 4.39 Å². The molecule has 0 N–H and O–H groups in total. The van der Waals surface area contributed by atoms with Gasteiger partial charge in [-0.15, -0.1) is 0 Å². The molecule has 1 aromatic carbocycles. The number of sulfonamides is 1. The first kappa shape index (κ1) is 15.6. The molecule has 0 aliphatic heterocycles. The third kappa shape index (κ3) is 3.73. The second kappa shape index (κ2) is 6.61. The van der Waals surface area contributed by atoms with E-state index in [1.807, 2.05) is 6.92 Å². The van der Waals surface area contributed by atoms with Crippen molar-refractivity contribution >= 4 is 10.0 Å². The average molecular weight is 286 g/mol. The van der Waals surface area contributed by atoms with Gasteiger partial charge in [0.15, 0.2) is 0 Å². The zero-order chi connectivity index (χ0) is 14.5. The third-order valence-corrected chi connectivity index (χ3v) is 4.37. The summed E-state index contributed by atoms with van der Waals surface area (Å²) in [6.07, 6.45) is 0. The molecule has 0 saturated carbocycles. The first-order valence-electron chi connectivity index (χ1n) is 5.67. The molecule has 1 aromatic rings. The van der Waals surface area contributed by atoms with Crippen molar-refractivity contribution in [2.45, 2.75) is 11.8 Å². The summed E-state index contributed by atoms with van der Waals surface area (Å²) in [7, 11) is -2.33. The largest absolute Gasteiger partial charge is 0.380 e. The molecule has 5 nitrogen and oxygen atoms in total. The zero-order valence-electron chi connectivity index (χ0n) is 10.8. The molecular weight excluding hydrogens is 271 g/mol. The summed E-state index contributed by atoms with van der Waals surface area (Å²) in [4.78, 5) is -0.107. The van der Waals surface area contributed by atoms with E-state index in [2.05, 4.69) is 0 Å². The smallest absolute Gasteiger partial charge is 0.242 e. The Kier molecular flexibility index (Phi) is 5.42. The highest BCUT2D eigenvalue weighted by Gasteiger charge is 2.21. The minimum atomic E-state index is -3.73. The lowest BCUT2D eigenvalue weighted by atomic mass is 10.2. The summed E-state index contributed by atoms with van der Waals surface area (Å²) in [5, 5.41) is 8.70. The number of hydrogen-bond donors (Lipinski definition) is 0. The Hall–Kier alpha value is -1.49. The monoisotopic (exact) mass is 286 g/mol. The van der Waals surface area contributed by atoms with E-state index in [1.165, 1.54) is 7.05 Å². The Morgan fingerprint density at radius 2 is 2.16 bits per heavy atom. The van der Waals surface area contributed by atoms with Gasteiger partial charge in [0.05, 0.1) is 17.1 Å². The SMILES string of the molecule is CCOCCN(C)S(=O)(=O)c1ccc(F)c(C#N)c1. The maximum Gasteiger partial charge on any atom is 0.242 e. The molecule has 0 unspecified atom stereocenters. The van der Waals surface area contributed by atoms with E-state index in [4.69, 9.17) is 10.00 Å². The molecular formula is C12H15FN2O3S. The summed E-state index contributed by atoms with van der Waals surface area (Å²) in [6.45, 7) is 2.78. The molecule has 0 bridgehead atoms. The Bertz CT molecular complexity index is 581. The molecule has 19 heavy (non-hydrogen) atoms. The van der Waals surface area contributed by atoms with Crippen LogP contribution in [-0.4, -0.2) is 39.5 Å². The fourth-order valence-corrected chi connectivity index (χ4v) is 2.57. The van der Waals surface area contributed by atoms with Crippen molar-refractivity contribution in [2.75, 3.05) is 26.8 Å². The minimum absolute atomic E-state index is 0.107. The van der Waals surface area contributed by atoms with Crippen LogP contribution in [-0.2, 0) is 14.8 Å². The second-order valence-electron chi connectivity index (χ2n) is 3.78. The van der Waals surface area contributed by atoms with Gasteiger partial charge in [-0.1, -0.05) is 0 Å². The standard InChI is InChI=1S/C12H15FN2O3S/c1-3-18-7-6-15(2)19(16,17)11-4-5-12(13)10(8-11)9-14/h4-5,8H,3,6-7H2,1-2H3. The molecule has 0 spiro atoms. The zero-order valence-corrected chi connectivity index (χ0v) is 11.6. The van der Waals surface area contributed by atoms with E-state index in [0.717, 1.165) is 22.5 Å². The lowest BCUT2D eigenvalue weighted by Crippen LogP contribution is -2.30. The fourth-order valence-electron chi connectivity index (χ4n) is 1.39. The van der Waals surface area contributed by atoms with Crippen molar-refractivity contribution in [1.82, 2.24) is 4.31 Å². The number of ether oxygens (including phenoxy) is 1. The molecule has 0 heterocycles. The number of nitrogens with zero attached hydrogens (tertiary/aromatic N) is 2. The van der Waals surface area contributed by atoms with Crippen LogP contribution in [0.2, 0.25) is 0 Å². The van der Waals surface area contributed by atoms with E-state index in [9.17, 15) is 12.8 Å². The van der Waals surface area contributed by atoms with Crippen molar-refractivity contribution in [2.24, 2.45) is 0 Å². The number of halogens is 1. The number of benzene rings is 1. The maximum atomic E-state index is 13.2. The average Bonchev–Trinajstić information content (AvgIpc) is 2.39. The van der Waals surface area contributed by atoms with Crippen LogP contribution >= 0.6 is 0 Å². The van der Waals surface area contributed by atoms with Crippen LogP contribution in [0.1, 0.15) is 12.5 Å². The van der Waals surface area contributed by atoms with Crippen molar-refractivity contribution < 1.29 is 17.5 Å². The molecule has 0 saturated heterocycles. The lowest BCUT2D eigenvalue weighted by Gasteiger charge is -2.17. The minimum Gasteiger partial charge on any atom is -0.380 e. The molecule has 7 heteroatoms. The molecule has 0 atom stereocenters. The van der Waals surface area contributed by atoms with Gasteiger partial charge in [-0.05, 0) is 25.1 Å². The van der Waals surface area contributed by atoms with E-state index in [-0.39, 0.29) is 23.6 Å². The second-order valence-corrected chi connectivity index (χ2v) is 5.82.